The van der Waals surface area contributed by atoms with Gasteiger partial charge in [0.15, 0.2) is 0 Å². The molecule has 0 saturated heterocycles. The van der Waals surface area contributed by atoms with E-state index in [-0.39, 0.29) is 6.10 Å². The molecule has 1 aromatic carbocycles. The zero-order valence-electron chi connectivity index (χ0n) is 9.41. The zero-order valence-corrected chi connectivity index (χ0v) is 10.2. The number of hydrogen-bond acceptors (Lipinski definition) is 4. The molecule has 0 bridgehead atoms. The van der Waals surface area contributed by atoms with Crippen LogP contribution in [0.2, 0.25) is 0 Å². The number of hydrogen-bond donors (Lipinski definition) is 1. The van der Waals surface area contributed by atoms with Crippen LogP contribution in [0.5, 0.6) is 0 Å². The summed E-state index contributed by atoms with van der Waals surface area (Å²) >= 11 is 1.68. The van der Waals surface area contributed by atoms with Crippen molar-refractivity contribution in [2.45, 2.75) is 19.1 Å². The SMILES string of the molecule is OC1CCN(Cc2nccs2)c2ccccc21. The first-order valence-corrected chi connectivity index (χ1v) is 6.63. The van der Waals surface area contributed by atoms with Gasteiger partial charge in [-0.2, -0.15) is 0 Å². The van der Waals surface area contributed by atoms with Crippen LogP contribution < -0.4 is 4.90 Å². The van der Waals surface area contributed by atoms with Crippen LogP contribution in [0.4, 0.5) is 5.69 Å². The summed E-state index contributed by atoms with van der Waals surface area (Å²) in [7, 11) is 0. The van der Waals surface area contributed by atoms with Crippen molar-refractivity contribution in [2.75, 3.05) is 11.4 Å². The van der Waals surface area contributed by atoms with E-state index in [0.717, 1.165) is 35.8 Å². The van der Waals surface area contributed by atoms with E-state index in [2.05, 4.69) is 16.0 Å². The number of rotatable bonds is 2. The third-order valence-corrected chi connectivity index (χ3v) is 3.88. The second-order valence-corrected chi connectivity index (χ2v) is 5.19. The molecule has 0 radical (unpaired) electrons. The van der Waals surface area contributed by atoms with Gasteiger partial charge < -0.3 is 10.0 Å². The molecule has 0 fully saturated rings. The Labute approximate surface area is 104 Å². The summed E-state index contributed by atoms with van der Waals surface area (Å²) in [6.07, 6.45) is 2.31. The van der Waals surface area contributed by atoms with Gasteiger partial charge in [0.25, 0.3) is 0 Å². The minimum atomic E-state index is -0.321. The van der Waals surface area contributed by atoms with Gasteiger partial charge in [-0.3, -0.25) is 0 Å². The Kier molecular flexibility index (Phi) is 2.82. The van der Waals surface area contributed by atoms with Crippen LogP contribution in [0, 0.1) is 0 Å². The van der Waals surface area contributed by atoms with Crippen molar-refractivity contribution in [1.29, 1.82) is 0 Å². The van der Waals surface area contributed by atoms with Crippen molar-refractivity contribution in [3.8, 4) is 0 Å². The third kappa shape index (κ3) is 2.06. The molecule has 1 aliphatic heterocycles. The molecular weight excluding hydrogens is 232 g/mol. The summed E-state index contributed by atoms with van der Waals surface area (Å²) in [6.45, 7) is 1.72. The highest BCUT2D eigenvalue weighted by atomic mass is 32.1. The number of nitrogens with zero attached hydrogens (tertiary/aromatic N) is 2. The first kappa shape index (κ1) is 10.7. The van der Waals surface area contributed by atoms with Crippen molar-refractivity contribution in [2.24, 2.45) is 0 Å². The van der Waals surface area contributed by atoms with Crippen molar-refractivity contribution < 1.29 is 5.11 Å². The van der Waals surface area contributed by atoms with Crippen molar-refractivity contribution >= 4 is 17.0 Å². The molecule has 1 aromatic heterocycles. The summed E-state index contributed by atoms with van der Waals surface area (Å²) < 4.78 is 0. The first-order valence-electron chi connectivity index (χ1n) is 5.75. The highest BCUT2D eigenvalue weighted by molar-refractivity contribution is 7.09. The van der Waals surface area contributed by atoms with Crippen LogP contribution in [0.3, 0.4) is 0 Å². The lowest BCUT2D eigenvalue weighted by molar-refractivity contribution is 0.164. The first-order chi connectivity index (χ1) is 8.34. The molecule has 3 rings (SSSR count). The number of thiazole rings is 1. The molecule has 2 aromatic rings. The molecule has 3 nitrogen and oxygen atoms in total. The Bertz CT molecular complexity index is 498. The van der Waals surface area contributed by atoms with Crippen molar-refractivity contribution in [3.05, 3.63) is 46.4 Å². The summed E-state index contributed by atoms with van der Waals surface area (Å²) in [5.41, 5.74) is 2.18. The predicted octanol–water partition coefficient (Wildman–Crippen LogP) is 2.59. The molecule has 17 heavy (non-hydrogen) atoms. The quantitative estimate of drug-likeness (QED) is 0.884. The number of aromatic nitrogens is 1. The number of aliphatic hydroxyl groups excluding tert-OH is 1. The van der Waals surface area contributed by atoms with Crippen LogP contribution in [-0.4, -0.2) is 16.6 Å². The third-order valence-electron chi connectivity index (χ3n) is 3.12. The summed E-state index contributed by atoms with van der Waals surface area (Å²) in [4.78, 5) is 6.61. The molecule has 4 heteroatoms. The van der Waals surface area contributed by atoms with Gasteiger partial charge >= 0.3 is 0 Å². The van der Waals surface area contributed by atoms with Crippen LogP contribution in [0.25, 0.3) is 0 Å². The fraction of sp³-hybridized carbons (Fsp3) is 0.308. The Morgan fingerprint density at radius 1 is 1.41 bits per heavy atom. The molecule has 0 aliphatic carbocycles. The second-order valence-electron chi connectivity index (χ2n) is 4.21. The van der Waals surface area contributed by atoms with E-state index >= 15 is 0 Å². The molecular formula is C13H14N2OS. The van der Waals surface area contributed by atoms with Crippen molar-refractivity contribution in [1.82, 2.24) is 4.98 Å². The maximum absolute atomic E-state index is 9.97. The highest BCUT2D eigenvalue weighted by Crippen LogP contribution is 2.34. The molecule has 0 spiro atoms. The number of fused-ring (bicyclic) bond motifs is 1. The monoisotopic (exact) mass is 246 g/mol. The molecule has 1 aliphatic rings. The topological polar surface area (TPSA) is 36.4 Å². The molecule has 0 amide bonds. The van der Waals surface area contributed by atoms with Gasteiger partial charge in [-0.1, -0.05) is 18.2 Å². The van der Waals surface area contributed by atoms with Crippen LogP contribution >= 0.6 is 11.3 Å². The average Bonchev–Trinajstić information content (AvgIpc) is 2.86. The van der Waals surface area contributed by atoms with E-state index in [4.69, 9.17) is 0 Å². The largest absolute Gasteiger partial charge is 0.388 e. The molecule has 88 valence electrons. The van der Waals surface area contributed by atoms with Crippen LogP contribution in [-0.2, 0) is 6.54 Å². The Balaban J connectivity index is 1.90. The Hall–Kier alpha value is -1.39. The minimum Gasteiger partial charge on any atom is -0.388 e. The molecule has 0 saturated carbocycles. The highest BCUT2D eigenvalue weighted by Gasteiger charge is 2.23. The molecule has 1 atom stereocenters. The molecule has 2 heterocycles. The second kappa shape index (κ2) is 4.47. The fourth-order valence-electron chi connectivity index (χ4n) is 2.27. The summed E-state index contributed by atoms with van der Waals surface area (Å²) in [5.74, 6) is 0. The number of aliphatic hydroxyl groups is 1. The lowest BCUT2D eigenvalue weighted by atomic mass is 9.99. The average molecular weight is 246 g/mol. The Morgan fingerprint density at radius 2 is 2.29 bits per heavy atom. The minimum absolute atomic E-state index is 0.321. The van der Waals surface area contributed by atoms with E-state index in [1.54, 1.807) is 11.3 Å². The van der Waals surface area contributed by atoms with Gasteiger partial charge in [-0.25, -0.2) is 4.98 Å². The number of para-hydroxylation sites is 1. The van der Waals surface area contributed by atoms with Crippen LogP contribution in [0.15, 0.2) is 35.8 Å². The Morgan fingerprint density at radius 3 is 3.12 bits per heavy atom. The summed E-state index contributed by atoms with van der Waals surface area (Å²) in [5, 5.41) is 13.1. The van der Waals surface area contributed by atoms with E-state index in [1.807, 2.05) is 29.8 Å². The number of benzene rings is 1. The normalized spacial score (nSPS) is 19.1. The van der Waals surface area contributed by atoms with Gasteiger partial charge in [0.2, 0.25) is 0 Å². The van der Waals surface area contributed by atoms with E-state index in [0.29, 0.717) is 0 Å². The lowest BCUT2D eigenvalue weighted by Gasteiger charge is -2.33. The standard InChI is InChI=1S/C13H14N2OS/c16-12-5-7-15(9-13-14-6-8-17-13)11-4-2-1-3-10(11)12/h1-4,6,8,12,16H,5,7,9H2. The van der Waals surface area contributed by atoms with E-state index in [9.17, 15) is 5.11 Å². The van der Waals surface area contributed by atoms with Gasteiger partial charge in [0.05, 0.1) is 12.6 Å². The van der Waals surface area contributed by atoms with Gasteiger partial charge in [-0.05, 0) is 12.5 Å². The van der Waals surface area contributed by atoms with Gasteiger partial charge in [0.1, 0.15) is 5.01 Å². The molecule has 1 unspecified atom stereocenters. The van der Waals surface area contributed by atoms with E-state index in [1.165, 1.54) is 0 Å². The fourth-order valence-corrected chi connectivity index (χ4v) is 2.90. The lowest BCUT2D eigenvalue weighted by Crippen LogP contribution is -2.30. The zero-order chi connectivity index (χ0) is 11.7. The smallest absolute Gasteiger partial charge is 0.112 e. The van der Waals surface area contributed by atoms with Crippen LogP contribution in [0.1, 0.15) is 23.1 Å². The number of anilines is 1. The summed E-state index contributed by atoms with van der Waals surface area (Å²) in [6, 6.07) is 8.08. The maximum Gasteiger partial charge on any atom is 0.112 e. The van der Waals surface area contributed by atoms with Gasteiger partial charge in [-0.15, -0.1) is 11.3 Å². The van der Waals surface area contributed by atoms with E-state index < -0.39 is 0 Å². The van der Waals surface area contributed by atoms with Crippen molar-refractivity contribution in [3.63, 3.8) is 0 Å². The predicted molar refractivity (Wildman–Crippen MR) is 69.2 cm³/mol. The van der Waals surface area contributed by atoms with Gasteiger partial charge in [0, 0.05) is 29.4 Å². The maximum atomic E-state index is 9.97. The molecule has 1 N–H and O–H groups in total.